The van der Waals surface area contributed by atoms with Crippen molar-refractivity contribution < 1.29 is 4.79 Å². The van der Waals surface area contributed by atoms with E-state index in [9.17, 15) is 4.79 Å². The Hall–Kier alpha value is -0.870. The maximum atomic E-state index is 11.7. The van der Waals surface area contributed by atoms with E-state index in [-0.39, 0.29) is 11.9 Å². The number of amides is 1. The van der Waals surface area contributed by atoms with Gasteiger partial charge in [0.1, 0.15) is 0 Å². The SMILES string of the molecule is Cc1ccc(C(C)N(C)C(=O)[C@H](C)N)s1. The van der Waals surface area contributed by atoms with Gasteiger partial charge in [-0.1, -0.05) is 0 Å². The molecule has 3 nitrogen and oxygen atoms in total. The molecular weight excluding hydrogens is 208 g/mol. The molecule has 0 fully saturated rings. The standard InChI is InChI=1S/C11H18N2OS/c1-7-5-6-10(15-7)9(3)13(4)11(14)8(2)12/h5-6,8-9H,12H2,1-4H3/t8-,9?/m0/s1. The largest absolute Gasteiger partial charge is 0.337 e. The van der Waals surface area contributed by atoms with Crippen LogP contribution in [-0.4, -0.2) is 23.9 Å². The van der Waals surface area contributed by atoms with Crippen molar-refractivity contribution in [1.82, 2.24) is 4.90 Å². The second kappa shape index (κ2) is 4.77. The highest BCUT2D eigenvalue weighted by molar-refractivity contribution is 7.12. The molecule has 0 aliphatic carbocycles. The quantitative estimate of drug-likeness (QED) is 0.856. The first kappa shape index (κ1) is 12.2. The molecule has 0 aliphatic heterocycles. The van der Waals surface area contributed by atoms with Crippen LogP contribution in [0.4, 0.5) is 0 Å². The second-order valence-electron chi connectivity index (χ2n) is 3.86. The Labute approximate surface area is 94.9 Å². The van der Waals surface area contributed by atoms with Crippen molar-refractivity contribution in [3.05, 3.63) is 21.9 Å². The molecule has 0 aliphatic rings. The summed E-state index contributed by atoms with van der Waals surface area (Å²) < 4.78 is 0. The highest BCUT2D eigenvalue weighted by atomic mass is 32.1. The van der Waals surface area contributed by atoms with Gasteiger partial charge in [-0.15, -0.1) is 11.3 Å². The third-order valence-electron chi connectivity index (χ3n) is 2.49. The number of hydrogen-bond acceptors (Lipinski definition) is 3. The lowest BCUT2D eigenvalue weighted by Gasteiger charge is -2.25. The van der Waals surface area contributed by atoms with Crippen LogP contribution in [0.2, 0.25) is 0 Å². The summed E-state index contributed by atoms with van der Waals surface area (Å²) in [6.45, 7) is 5.80. The Kier molecular flexibility index (Phi) is 3.88. The molecule has 0 bridgehead atoms. The Bertz CT molecular complexity index is 346. The van der Waals surface area contributed by atoms with Crippen LogP contribution in [0.1, 0.15) is 29.6 Å². The molecule has 84 valence electrons. The molecule has 1 unspecified atom stereocenters. The summed E-state index contributed by atoms with van der Waals surface area (Å²) in [5.41, 5.74) is 5.57. The Morgan fingerprint density at radius 3 is 2.47 bits per heavy atom. The fraction of sp³-hybridized carbons (Fsp3) is 0.545. The summed E-state index contributed by atoms with van der Waals surface area (Å²) in [5.74, 6) is -0.0199. The van der Waals surface area contributed by atoms with E-state index in [0.29, 0.717) is 0 Å². The van der Waals surface area contributed by atoms with Gasteiger partial charge in [-0.25, -0.2) is 0 Å². The summed E-state index contributed by atoms with van der Waals surface area (Å²) in [4.78, 5) is 15.8. The van der Waals surface area contributed by atoms with Crippen molar-refractivity contribution in [2.75, 3.05) is 7.05 Å². The van der Waals surface area contributed by atoms with Crippen LogP contribution in [0.15, 0.2) is 12.1 Å². The maximum absolute atomic E-state index is 11.7. The van der Waals surface area contributed by atoms with E-state index in [1.54, 1.807) is 30.2 Å². The van der Waals surface area contributed by atoms with E-state index in [1.807, 2.05) is 6.92 Å². The van der Waals surface area contributed by atoms with Gasteiger partial charge >= 0.3 is 0 Å². The van der Waals surface area contributed by atoms with Crippen molar-refractivity contribution in [2.45, 2.75) is 32.9 Å². The fourth-order valence-electron chi connectivity index (χ4n) is 1.38. The zero-order chi connectivity index (χ0) is 11.6. The van der Waals surface area contributed by atoms with E-state index in [4.69, 9.17) is 5.73 Å². The molecule has 0 radical (unpaired) electrons. The van der Waals surface area contributed by atoms with Crippen molar-refractivity contribution in [3.63, 3.8) is 0 Å². The van der Waals surface area contributed by atoms with Crippen molar-refractivity contribution in [2.24, 2.45) is 5.73 Å². The van der Waals surface area contributed by atoms with Crippen LogP contribution in [-0.2, 0) is 4.79 Å². The molecule has 1 aromatic rings. The van der Waals surface area contributed by atoms with Gasteiger partial charge in [0.2, 0.25) is 5.91 Å². The molecule has 4 heteroatoms. The zero-order valence-corrected chi connectivity index (χ0v) is 10.5. The smallest absolute Gasteiger partial charge is 0.239 e. The molecule has 1 aromatic heterocycles. The summed E-state index contributed by atoms with van der Waals surface area (Å²) in [6, 6.07) is 3.80. The molecule has 2 N–H and O–H groups in total. The van der Waals surface area contributed by atoms with Crippen LogP contribution in [0.5, 0.6) is 0 Å². The minimum absolute atomic E-state index is 0.0199. The highest BCUT2D eigenvalue weighted by Crippen LogP contribution is 2.26. The molecular formula is C11H18N2OS. The number of thiophene rings is 1. The van der Waals surface area contributed by atoms with Gasteiger partial charge < -0.3 is 10.6 Å². The molecule has 1 heterocycles. The summed E-state index contributed by atoms with van der Waals surface area (Å²) >= 11 is 1.72. The van der Waals surface area contributed by atoms with E-state index in [1.165, 1.54) is 9.75 Å². The minimum Gasteiger partial charge on any atom is -0.337 e. The van der Waals surface area contributed by atoms with E-state index in [2.05, 4.69) is 19.1 Å². The van der Waals surface area contributed by atoms with E-state index >= 15 is 0 Å². The summed E-state index contributed by atoms with van der Waals surface area (Å²) in [7, 11) is 1.80. The molecule has 2 atom stereocenters. The number of rotatable bonds is 3. The predicted molar refractivity (Wildman–Crippen MR) is 63.9 cm³/mol. The molecule has 0 aromatic carbocycles. The fourth-order valence-corrected chi connectivity index (χ4v) is 2.35. The van der Waals surface area contributed by atoms with Crippen LogP contribution in [0.25, 0.3) is 0 Å². The lowest BCUT2D eigenvalue weighted by molar-refractivity contribution is -0.132. The monoisotopic (exact) mass is 226 g/mol. The number of likely N-dealkylation sites (N-methyl/N-ethyl adjacent to an activating group) is 1. The minimum atomic E-state index is -0.432. The summed E-state index contributed by atoms with van der Waals surface area (Å²) in [6.07, 6.45) is 0. The first-order valence-corrected chi connectivity index (χ1v) is 5.83. The van der Waals surface area contributed by atoms with E-state index < -0.39 is 6.04 Å². The lowest BCUT2D eigenvalue weighted by Crippen LogP contribution is -2.40. The average molecular weight is 226 g/mol. The third kappa shape index (κ3) is 2.79. The Morgan fingerprint density at radius 1 is 1.47 bits per heavy atom. The van der Waals surface area contributed by atoms with Gasteiger partial charge in [-0.3, -0.25) is 4.79 Å². The second-order valence-corrected chi connectivity index (χ2v) is 5.18. The predicted octanol–water partition coefficient (Wildman–Crippen LogP) is 1.92. The van der Waals surface area contributed by atoms with Gasteiger partial charge in [-0.05, 0) is 32.9 Å². The van der Waals surface area contributed by atoms with Crippen LogP contribution >= 0.6 is 11.3 Å². The molecule has 0 saturated heterocycles. The lowest BCUT2D eigenvalue weighted by atomic mass is 10.2. The van der Waals surface area contributed by atoms with Crippen molar-refractivity contribution >= 4 is 17.2 Å². The van der Waals surface area contributed by atoms with Crippen LogP contribution in [0, 0.1) is 6.92 Å². The van der Waals surface area contributed by atoms with Crippen molar-refractivity contribution in [1.29, 1.82) is 0 Å². The third-order valence-corrected chi connectivity index (χ3v) is 3.66. The van der Waals surface area contributed by atoms with Gasteiger partial charge in [-0.2, -0.15) is 0 Å². The zero-order valence-electron chi connectivity index (χ0n) is 9.65. The highest BCUT2D eigenvalue weighted by Gasteiger charge is 2.20. The first-order chi connectivity index (χ1) is 6.93. The van der Waals surface area contributed by atoms with Gasteiger partial charge in [0.05, 0.1) is 12.1 Å². The van der Waals surface area contributed by atoms with Gasteiger partial charge in [0.25, 0.3) is 0 Å². The topological polar surface area (TPSA) is 46.3 Å². The number of aryl methyl sites for hydroxylation is 1. The molecule has 0 saturated carbocycles. The Balaban J connectivity index is 2.76. The van der Waals surface area contributed by atoms with Gasteiger partial charge in [0.15, 0.2) is 0 Å². The number of carbonyl (C=O) groups is 1. The molecule has 1 amide bonds. The van der Waals surface area contributed by atoms with Crippen LogP contribution < -0.4 is 5.73 Å². The summed E-state index contributed by atoms with van der Waals surface area (Å²) in [5, 5.41) is 0. The van der Waals surface area contributed by atoms with E-state index in [0.717, 1.165) is 0 Å². The Morgan fingerprint density at radius 2 is 2.07 bits per heavy atom. The number of nitrogens with zero attached hydrogens (tertiary/aromatic N) is 1. The van der Waals surface area contributed by atoms with Crippen molar-refractivity contribution in [3.8, 4) is 0 Å². The number of hydrogen-bond donors (Lipinski definition) is 1. The number of nitrogens with two attached hydrogens (primary N) is 1. The first-order valence-electron chi connectivity index (χ1n) is 5.02. The average Bonchev–Trinajstić information content (AvgIpc) is 2.61. The number of carbonyl (C=O) groups excluding carboxylic acids is 1. The van der Waals surface area contributed by atoms with Crippen LogP contribution in [0.3, 0.4) is 0 Å². The normalized spacial score (nSPS) is 14.7. The van der Waals surface area contributed by atoms with Gasteiger partial charge in [0, 0.05) is 16.8 Å². The molecule has 0 spiro atoms. The molecule has 1 rings (SSSR count). The maximum Gasteiger partial charge on any atom is 0.239 e. The molecule has 15 heavy (non-hydrogen) atoms.